The van der Waals surface area contributed by atoms with Gasteiger partial charge in [0.15, 0.2) is 0 Å². The Morgan fingerprint density at radius 1 is 1.06 bits per heavy atom. The molecule has 0 aliphatic rings. The van der Waals surface area contributed by atoms with Crippen LogP contribution in [0.2, 0.25) is 10.0 Å². The average molecular weight is 473 g/mol. The van der Waals surface area contributed by atoms with Crippen molar-refractivity contribution < 1.29 is 18.7 Å². The maximum absolute atomic E-state index is 12.7. The lowest BCUT2D eigenvalue weighted by Gasteiger charge is -2.11. The van der Waals surface area contributed by atoms with Gasteiger partial charge in [-0.25, -0.2) is 0 Å². The van der Waals surface area contributed by atoms with E-state index in [1.165, 1.54) is 13.2 Å². The fourth-order valence-electron chi connectivity index (χ4n) is 2.82. The van der Waals surface area contributed by atoms with E-state index < -0.39 is 11.8 Å². The quantitative estimate of drug-likeness (QED) is 0.353. The molecule has 3 aromatic rings. The van der Waals surface area contributed by atoms with Crippen LogP contribution in [0.1, 0.15) is 21.7 Å². The summed E-state index contributed by atoms with van der Waals surface area (Å²) in [5.74, 6) is -0.0473. The molecule has 0 aliphatic heterocycles. The van der Waals surface area contributed by atoms with Gasteiger partial charge in [-0.1, -0.05) is 40.9 Å². The molecular formula is C24H22Cl2N2O4. The second-order valence-corrected chi connectivity index (χ2v) is 7.80. The SMILES string of the molecule is COCCNC(=O)/C(=C/c1ccc(-c2cc(Cl)ccc2Cl)o1)NC(=O)c1ccc(C)cc1. The zero-order chi connectivity index (χ0) is 23.1. The largest absolute Gasteiger partial charge is 0.457 e. The summed E-state index contributed by atoms with van der Waals surface area (Å²) in [5, 5.41) is 6.35. The van der Waals surface area contributed by atoms with Gasteiger partial charge in [0.25, 0.3) is 11.8 Å². The highest BCUT2D eigenvalue weighted by atomic mass is 35.5. The minimum absolute atomic E-state index is 0.0322. The van der Waals surface area contributed by atoms with Gasteiger partial charge < -0.3 is 19.8 Å². The fraction of sp³-hybridized carbons (Fsp3) is 0.167. The Kier molecular flexibility index (Phi) is 8.11. The molecule has 0 bridgehead atoms. The third kappa shape index (κ3) is 6.23. The van der Waals surface area contributed by atoms with Crippen molar-refractivity contribution in [2.24, 2.45) is 0 Å². The summed E-state index contributed by atoms with van der Waals surface area (Å²) in [5.41, 5.74) is 2.10. The predicted molar refractivity (Wildman–Crippen MR) is 126 cm³/mol. The van der Waals surface area contributed by atoms with Crippen molar-refractivity contribution in [3.8, 4) is 11.3 Å². The summed E-state index contributed by atoms with van der Waals surface area (Å²) in [6.45, 7) is 2.55. The molecule has 0 saturated carbocycles. The normalized spacial score (nSPS) is 11.3. The zero-order valence-corrected chi connectivity index (χ0v) is 19.1. The van der Waals surface area contributed by atoms with E-state index in [9.17, 15) is 9.59 Å². The molecule has 0 radical (unpaired) electrons. The number of benzene rings is 2. The number of amides is 2. The van der Waals surface area contributed by atoms with Gasteiger partial charge in [-0.2, -0.15) is 0 Å². The summed E-state index contributed by atoms with van der Waals surface area (Å²) in [6, 6.07) is 15.5. The number of hydrogen-bond acceptors (Lipinski definition) is 4. The van der Waals surface area contributed by atoms with E-state index >= 15 is 0 Å². The number of methoxy groups -OCH3 is 1. The van der Waals surface area contributed by atoms with Crippen LogP contribution < -0.4 is 10.6 Å². The van der Waals surface area contributed by atoms with E-state index in [2.05, 4.69) is 10.6 Å². The maximum Gasteiger partial charge on any atom is 0.268 e. The molecule has 0 spiro atoms. The molecule has 0 unspecified atom stereocenters. The number of furan rings is 1. The average Bonchev–Trinajstić information content (AvgIpc) is 3.23. The molecule has 2 aromatic carbocycles. The second-order valence-electron chi connectivity index (χ2n) is 6.95. The molecule has 0 atom stereocenters. The van der Waals surface area contributed by atoms with E-state index in [-0.39, 0.29) is 12.2 Å². The number of aryl methyl sites for hydroxylation is 1. The van der Waals surface area contributed by atoms with Crippen LogP contribution in [0.5, 0.6) is 0 Å². The van der Waals surface area contributed by atoms with Gasteiger partial charge in [0.2, 0.25) is 0 Å². The minimum Gasteiger partial charge on any atom is -0.457 e. The lowest BCUT2D eigenvalue weighted by molar-refractivity contribution is -0.117. The molecule has 0 fully saturated rings. The Labute approximate surface area is 196 Å². The number of ether oxygens (including phenoxy) is 1. The topological polar surface area (TPSA) is 80.6 Å². The van der Waals surface area contributed by atoms with Gasteiger partial charge in [-0.3, -0.25) is 9.59 Å². The molecule has 2 N–H and O–H groups in total. The van der Waals surface area contributed by atoms with Gasteiger partial charge in [0.1, 0.15) is 17.2 Å². The Morgan fingerprint density at radius 3 is 2.53 bits per heavy atom. The first-order valence-electron chi connectivity index (χ1n) is 9.79. The molecule has 1 heterocycles. The van der Waals surface area contributed by atoms with Crippen LogP contribution in [0.3, 0.4) is 0 Å². The summed E-state index contributed by atoms with van der Waals surface area (Å²) in [6.07, 6.45) is 1.45. The summed E-state index contributed by atoms with van der Waals surface area (Å²) in [4.78, 5) is 25.4. The molecule has 6 nitrogen and oxygen atoms in total. The second kappa shape index (κ2) is 11.0. The number of hydrogen-bond donors (Lipinski definition) is 2. The number of nitrogens with one attached hydrogen (secondary N) is 2. The van der Waals surface area contributed by atoms with Crippen LogP contribution in [0.25, 0.3) is 17.4 Å². The summed E-state index contributed by atoms with van der Waals surface area (Å²) in [7, 11) is 1.54. The highest BCUT2D eigenvalue weighted by Gasteiger charge is 2.16. The van der Waals surface area contributed by atoms with E-state index in [0.717, 1.165) is 5.56 Å². The van der Waals surface area contributed by atoms with Crippen LogP contribution >= 0.6 is 23.2 Å². The van der Waals surface area contributed by atoms with Gasteiger partial charge in [0, 0.05) is 35.9 Å². The lowest BCUT2D eigenvalue weighted by atomic mass is 10.1. The molecule has 3 rings (SSSR count). The zero-order valence-electron chi connectivity index (χ0n) is 17.6. The van der Waals surface area contributed by atoms with E-state index in [4.69, 9.17) is 32.4 Å². The first kappa shape index (κ1) is 23.6. The molecule has 166 valence electrons. The lowest BCUT2D eigenvalue weighted by Crippen LogP contribution is -2.36. The molecule has 0 aliphatic carbocycles. The van der Waals surface area contributed by atoms with Gasteiger partial charge >= 0.3 is 0 Å². The maximum atomic E-state index is 12.7. The standard InChI is InChI=1S/C24H22Cl2N2O4/c1-15-3-5-16(6-4-15)23(29)28-21(24(30)27-11-12-31-2)14-18-8-10-22(32-18)19-13-17(25)7-9-20(19)26/h3-10,13-14H,11-12H2,1-2H3,(H,27,30)(H,28,29)/b21-14-. The van der Waals surface area contributed by atoms with Crippen molar-refractivity contribution in [3.63, 3.8) is 0 Å². The van der Waals surface area contributed by atoms with Crippen LogP contribution in [0.4, 0.5) is 0 Å². The van der Waals surface area contributed by atoms with Crippen molar-refractivity contribution >= 4 is 41.1 Å². The Morgan fingerprint density at radius 2 is 1.81 bits per heavy atom. The van der Waals surface area contributed by atoms with E-state index in [0.29, 0.717) is 39.3 Å². The number of carbonyl (C=O) groups excluding carboxylic acids is 2. The smallest absolute Gasteiger partial charge is 0.268 e. The fourth-order valence-corrected chi connectivity index (χ4v) is 3.21. The first-order chi connectivity index (χ1) is 15.4. The first-order valence-corrected chi connectivity index (χ1v) is 10.5. The Balaban J connectivity index is 1.88. The van der Waals surface area contributed by atoms with Gasteiger partial charge in [-0.15, -0.1) is 0 Å². The van der Waals surface area contributed by atoms with Crippen molar-refractivity contribution in [3.05, 3.63) is 87.2 Å². The van der Waals surface area contributed by atoms with Crippen molar-refractivity contribution in [2.75, 3.05) is 20.3 Å². The van der Waals surface area contributed by atoms with Crippen LogP contribution in [-0.2, 0) is 9.53 Å². The molecule has 1 aromatic heterocycles. The number of halogens is 2. The van der Waals surface area contributed by atoms with E-state index in [1.807, 2.05) is 19.1 Å². The Hall–Kier alpha value is -3.06. The molecule has 8 heteroatoms. The van der Waals surface area contributed by atoms with Gasteiger partial charge in [0.05, 0.1) is 11.6 Å². The Bertz CT molecular complexity index is 1140. The minimum atomic E-state index is -0.471. The summed E-state index contributed by atoms with van der Waals surface area (Å²) < 4.78 is 10.8. The molecular weight excluding hydrogens is 451 g/mol. The molecule has 2 amide bonds. The molecule has 32 heavy (non-hydrogen) atoms. The third-order valence-electron chi connectivity index (χ3n) is 4.51. The monoisotopic (exact) mass is 472 g/mol. The highest BCUT2D eigenvalue weighted by molar-refractivity contribution is 6.35. The van der Waals surface area contributed by atoms with Crippen molar-refractivity contribution in [1.82, 2.24) is 10.6 Å². The predicted octanol–water partition coefficient (Wildman–Crippen LogP) is 5.10. The number of rotatable bonds is 8. The number of carbonyl (C=O) groups is 2. The van der Waals surface area contributed by atoms with E-state index in [1.54, 1.807) is 42.5 Å². The van der Waals surface area contributed by atoms with Crippen molar-refractivity contribution in [1.29, 1.82) is 0 Å². The van der Waals surface area contributed by atoms with Crippen LogP contribution in [-0.4, -0.2) is 32.1 Å². The third-order valence-corrected chi connectivity index (χ3v) is 5.07. The summed E-state index contributed by atoms with van der Waals surface area (Å²) >= 11 is 12.3. The molecule has 0 saturated heterocycles. The van der Waals surface area contributed by atoms with Crippen LogP contribution in [0.15, 0.2) is 64.7 Å². The highest BCUT2D eigenvalue weighted by Crippen LogP contribution is 2.32. The van der Waals surface area contributed by atoms with Crippen molar-refractivity contribution in [2.45, 2.75) is 6.92 Å². The van der Waals surface area contributed by atoms with Gasteiger partial charge in [-0.05, 0) is 49.4 Å². The van der Waals surface area contributed by atoms with Crippen LogP contribution in [0, 0.1) is 6.92 Å².